The van der Waals surface area contributed by atoms with Crippen LogP contribution in [0.25, 0.3) is 0 Å². The van der Waals surface area contributed by atoms with Crippen LogP contribution in [0.2, 0.25) is 0 Å². The van der Waals surface area contributed by atoms with E-state index in [1.807, 2.05) is 18.2 Å². The molecule has 0 aliphatic heterocycles. The summed E-state index contributed by atoms with van der Waals surface area (Å²) < 4.78 is 5.70. The van der Waals surface area contributed by atoms with E-state index in [1.165, 1.54) is 18.4 Å². The average molecular weight is 263 g/mol. The number of rotatable bonds is 5. The van der Waals surface area contributed by atoms with Crippen LogP contribution in [0.1, 0.15) is 37.7 Å². The van der Waals surface area contributed by atoms with Gasteiger partial charge in [0, 0.05) is 12.6 Å². The zero-order valence-electron chi connectivity index (χ0n) is 11.8. The molecule has 1 aromatic rings. The summed E-state index contributed by atoms with van der Waals surface area (Å²) in [5.41, 5.74) is 1.21. The predicted molar refractivity (Wildman–Crippen MR) is 77.6 cm³/mol. The second-order valence-corrected chi connectivity index (χ2v) is 5.43. The van der Waals surface area contributed by atoms with Crippen molar-refractivity contribution in [2.24, 2.45) is 0 Å². The Bertz CT molecular complexity index is 381. The van der Waals surface area contributed by atoms with Crippen LogP contribution in [0, 0.1) is 6.92 Å². The molecule has 1 aromatic carbocycles. The molecule has 2 rings (SSSR count). The Morgan fingerprint density at radius 3 is 2.95 bits per heavy atom. The Morgan fingerprint density at radius 1 is 1.26 bits per heavy atom. The lowest BCUT2D eigenvalue weighted by atomic mass is 10.1. The fraction of sp³-hybridized carbons (Fsp3) is 0.625. The first-order valence-electron chi connectivity index (χ1n) is 7.36. The molecule has 1 saturated carbocycles. The first-order valence-corrected chi connectivity index (χ1v) is 7.36. The third-order valence-corrected chi connectivity index (χ3v) is 3.75. The van der Waals surface area contributed by atoms with E-state index in [0.29, 0.717) is 6.61 Å². The van der Waals surface area contributed by atoms with Gasteiger partial charge in [0.15, 0.2) is 0 Å². The van der Waals surface area contributed by atoms with E-state index >= 15 is 0 Å². The van der Waals surface area contributed by atoms with Gasteiger partial charge >= 0.3 is 0 Å². The standard InChI is InChI=1S/C16H25NO2/c1-13-6-5-7-14(12-13)19-11-10-17-15-8-3-2-4-9-16(15)18/h5-7,12,15-18H,2-4,8-11H2,1H3. The van der Waals surface area contributed by atoms with Crippen LogP contribution in [0.15, 0.2) is 24.3 Å². The van der Waals surface area contributed by atoms with Crippen LogP contribution in [0.5, 0.6) is 5.75 Å². The van der Waals surface area contributed by atoms with Crippen molar-refractivity contribution >= 4 is 0 Å². The van der Waals surface area contributed by atoms with E-state index in [4.69, 9.17) is 4.74 Å². The van der Waals surface area contributed by atoms with Crippen LogP contribution in [-0.4, -0.2) is 30.4 Å². The number of hydrogen-bond acceptors (Lipinski definition) is 3. The smallest absolute Gasteiger partial charge is 0.119 e. The Morgan fingerprint density at radius 2 is 2.11 bits per heavy atom. The summed E-state index contributed by atoms with van der Waals surface area (Å²) in [4.78, 5) is 0. The summed E-state index contributed by atoms with van der Waals surface area (Å²) in [6.07, 6.45) is 5.42. The Hall–Kier alpha value is -1.06. The van der Waals surface area contributed by atoms with Gasteiger partial charge in [-0.1, -0.05) is 31.4 Å². The maximum Gasteiger partial charge on any atom is 0.119 e. The van der Waals surface area contributed by atoms with E-state index in [1.54, 1.807) is 0 Å². The van der Waals surface area contributed by atoms with E-state index in [0.717, 1.165) is 31.6 Å². The molecule has 2 atom stereocenters. The molecule has 0 amide bonds. The highest BCUT2D eigenvalue weighted by molar-refractivity contribution is 5.27. The van der Waals surface area contributed by atoms with Gasteiger partial charge in [-0.25, -0.2) is 0 Å². The monoisotopic (exact) mass is 263 g/mol. The highest BCUT2D eigenvalue weighted by Crippen LogP contribution is 2.18. The third kappa shape index (κ3) is 4.84. The highest BCUT2D eigenvalue weighted by atomic mass is 16.5. The normalized spacial score (nSPS) is 23.9. The van der Waals surface area contributed by atoms with E-state index in [-0.39, 0.29) is 12.1 Å². The minimum Gasteiger partial charge on any atom is -0.492 e. The largest absolute Gasteiger partial charge is 0.492 e. The van der Waals surface area contributed by atoms with Gasteiger partial charge in [0.2, 0.25) is 0 Å². The number of aryl methyl sites for hydroxylation is 1. The maximum absolute atomic E-state index is 10.00. The predicted octanol–water partition coefficient (Wildman–Crippen LogP) is 2.66. The van der Waals surface area contributed by atoms with Crippen LogP contribution in [0.3, 0.4) is 0 Å². The molecule has 2 unspecified atom stereocenters. The number of hydrogen-bond donors (Lipinski definition) is 2. The van der Waals surface area contributed by atoms with E-state index in [2.05, 4.69) is 18.3 Å². The lowest BCUT2D eigenvalue weighted by Crippen LogP contribution is -2.41. The van der Waals surface area contributed by atoms with Crippen molar-refractivity contribution in [1.29, 1.82) is 0 Å². The number of aliphatic hydroxyl groups excluding tert-OH is 1. The van der Waals surface area contributed by atoms with Crippen LogP contribution < -0.4 is 10.1 Å². The molecule has 3 heteroatoms. The van der Waals surface area contributed by atoms with E-state index < -0.39 is 0 Å². The zero-order valence-corrected chi connectivity index (χ0v) is 11.8. The molecule has 1 fully saturated rings. The Balaban J connectivity index is 1.68. The lowest BCUT2D eigenvalue weighted by Gasteiger charge is -2.21. The molecule has 106 valence electrons. The van der Waals surface area contributed by atoms with Crippen molar-refractivity contribution in [3.63, 3.8) is 0 Å². The Kier molecular flexibility index (Phi) is 5.67. The van der Waals surface area contributed by atoms with Crippen LogP contribution in [-0.2, 0) is 0 Å². The van der Waals surface area contributed by atoms with Crippen molar-refractivity contribution in [3.05, 3.63) is 29.8 Å². The van der Waals surface area contributed by atoms with Gasteiger partial charge in [0.1, 0.15) is 12.4 Å². The van der Waals surface area contributed by atoms with Gasteiger partial charge in [0.25, 0.3) is 0 Å². The zero-order chi connectivity index (χ0) is 13.5. The molecule has 0 bridgehead atoms. The first kappa shape index (κ1) is 14.4. The summed E-state index contributed by atoms with van der Waals surface area (Å²) in [5, 5.41) is 13.4. The van der Waals surface area contributed by atoms with Crippen molar-refractivity contribution < 1.29 is 9.84 Å². The Labute approximate surface area is 116 Å². The van der Waals surface area contributed by atoms with Gasteiger partial charge in [-0.15, -0.1) is 0 Å². The van der Waals surface area contributed by atoms with Gasteiger partial charge in [0.05, 0.1) is 6.10 Å². The lowest BCUT2D eigenvalue weighted by molar-refractivity contribution is 0.117. The fourth-order valence-electron chi connectivity index (χ4n) is 2.64. The minimum atomic E-state index is -0.193. The minimum absolute atomic E-state index is 0.193. The molecular weight excluding hydrogens is 238 g/mol. The van der Waals surface area contributed by atoms with Crippen molar-refractivity contribution in [2.75, 3.05) is 13.2 Å². The fourth-order valence-corrected chi connectivity index (χ4v) is 2.64. The molecule has 0 radical (unpaired) electrons. The summed E-state index contributed by atoms with van der Waals surface area (Å²) >= 11 is 0. The molecular formula is C16H25NO2. The second kappa shape index (κ2) is 7.51. The summed E-state index contributed by atoms with van der Waals surface area (Å²) in [5.74, 6) is 0.920. The second-order valence-electron chi connectivity index (χ2n) is 5.43. The van der Waals surface area contributed by atoms with Crippen molar-refractivity contribution in [2.45, 2.75) is 51.2 Å². The highest BCUT2D eigenvalue weighted by Gasteiger charge is 2.20. The topological polar surface area (TPSA) is 41.5 Å². The summed E-state index contributed by atoms with van der Waals surface area (Å²) in [6, 6.07) is 8.33. The van der Waals surface area contributed by atoms with Gasteiger partial charge in [-0.2, -0.15) is 0 Å². The van der Waals surface area contributed by atoms with Crippen molar-refractivity contribution in [3.8, 4) is 5.75 Å². The summed E-state index contributed by atoms with van der Waals surface area (Å²) in [6.45, 7) is 3.50. The van der Waals surface area contributed by atoms with Gasteiger partial charge in [-0.05, 0) is 37.5 Å². The summed E-state index contributed by atoms with van der Waals surface area (Å²) in [7, 11) is 0. The molecule has 1 aliphatic carbocycles. The number of ether oxygens (including phenoxy) is 1. The average Bonchev–Trinajstić information content (AvgIpc) is 2.60. The van der Waals surface area contributed by atoms with E-state index in [9.17, 15) is 5.11 Å². The number of aliphatic hydroxyl groups is 1. The maximum atomic E-state index is 10.00. The molecule has 0 aromatic heterocycles. The molecule has 19 heavy (non-hydrogen) atoms. The first-order chi connectivity index (χ1) is 9.25. The molecule has 0 spiro atoms. The van der Waals surface area contributed by atoms with Crippen molar-refractivity contribution in [1.82, 2.24) is 5.32 Å². The number of nitrogens with one attached hydrogen (secondary N) is 1. The van der Waals surface area contributed by atoms with Crippen LogP contribution >= 0.6 is 0 Å². The molecule has 2 N–H and O–H groups in total. The third-order valence-electron chi connectivity index (χ3n) is 3.75. The van der Waals surface area contributed by atoms with Gasteiger partial charge in [-0.3, -0.25) is 0 Å². The molecule has 0 heterocycles. The number of benzene rings is 1. The molecule has 0 saturated heterocycles. The quantitative estimate of drug-likeness (QED) is 0.634. The van der Waals surface area contributed by atoms with Gasteiger partial charge < -0.3 is 15.2 Å². The SMILES string of the molecule is Cc1cccc(OCCNC2CCCCCC2O)c1. The molecule has 3 nitrogen and oxygen atoms in total. The van der Waals surface area contributed by atoms with Crippen LogP contribution in [0.4, 0.5) is 0 Å². The molecule has 1 aliphatic rings.